The summed E-state index contributed by atoms with van der Waals surface area (Å²) in [5, 5.41) is 15.8. The molecule has 2 atom stereocenters. The van der Waals surface area contributed by atoms with E-state index in [9.17, 15) is 0 Å². The van der Waals surface area contributed by atoms with Crippen LogP contribution in [-0.4, -0.2) is 35.1 Å². The molecule has 7 nitrogen and oxygen atoms in total. The first-order chi connectivity index (χ1) is 15.0. The van der Waals surface area contributed by atoms with E-state index in [-0.39, 0.29) is 42.9 Å². The van der Waals surface area contributed by atoms with Crippen LogP contribution in [0.15, 0.2) is 42.5 Å². The second kappa shape index (κ2) is 11.9. The van der Waals surface area contributed by atoms with E-state index in [4.69, 9.17) is 37.4 Å². The van der Waals surface area contributed by atoms with E-state index >= 15 is 0 Å². The number of nitrogens with two attached hydrogens (primary N) is 1. The molecule has 0 spiro atoms. The van der Waals surface area contributed by atoms with Gasteiger partial charge in [0.05, 0.1) is 12.6 Å². The third-order valence-corrected chi connectivity index (χ3v) is 5.65. The van der Waals surface area contributed by atoms with Crippen LogP contribution < -0.4 is 21.1 Å². The lowest BCUT2D eigenvalue weighted by Gasteiger charge is -2.23. The number of ether oxygens (including phenoxy) is 1. The molecular weight excluding hydrogens is 483 g/mol. The Morgan fingerprint density at radius 2 is 1.82 bits per heavy atom. The zero-order valence-corrected chi connectivity index (χ0v) is 20.4. The average molecular weight is 510 g/mol. The summed E-state index contributed by atoms with van der Waals surface area (Å²) in [6.07, 6.45) is 6.82. The van der Waals surface area contributed by atoms with E-state index in [1.165, 1.54) is 0 Å². The number of guanidine groups is 1. The van der Waals surface area contributed by atoms with Crippen molar-refractivity contribution in [3.63, 3.8) is 0 Å². The van der Waals surface area contributed by atoms with Crippen molar-refractivity contribution in [1.29, 1.82) is 5.41 Å². The number of nitrogens with one attached hydrogen (secondary N) is 3. The van der Waals surface area contributed by atoms with Crippen LogP contribution in [0.3, 0.4) is 0 Å². The predicted octanol–water partition coefficient (Wildman–Crippen LogP) is 5.12. The summed E-state index contributed by atoms with van der Waals surface area (Å²) in [5.74, 6) is 2.07. The number of nitrogens with zero attached hydrogens (tertiary/aromatic N) is 2. The smallest absolute Gasteiger partial charge is 0.185 e. The standard InChI is InChI=1S/C23H25ClN6O.2ClH/c1-31-16-10-11-18-17(13-16)22(28-19-3-2-4-20(19)29-23(25)26)30-21(27-18)12-7-14-5-8-15(24)9-6-14;;/h5-13,19-20H,2-4H2,1H3,(H4,25,26,29)(H,27,28,30);2*1H/b12-7+;;/t19-,20+;;/m1../s1. The minimum Gasteiger partial charge on any atom is -0.497 e. The Morgan fingerprint density at radius 1 is 1.09 bits per heavy atom. The van der Waals surface area contributed by atoms with Gasteiger partial charge in [0.1, 0.15) is 11.6 Å². The number of rotatable bonds is 6. The molecule has 3 aromatic rings. The molecule has 176 valence electrons. The van der Waals surface area contributed by atoms with Crippen molar-refractivity contribution in [1.82, 2.24) is 15.3 Å². The van der Waals surface area contributed by atoms with Gasteiger partial charge in [-0.3, -0.25) is 5.41 Å². The Bertz CT molecular complexity index is 1120. The van der Waals surface area contributed by atoms with Gasteiger partial charge in [-0.1, -0.05) is 29.8 Å². The van der Waals surface area contributed by atoms with Crippen molar-refractivity contribution in [2.24, 2.45) is 5.73 Å². The number of aromatic nitrogens is 2. The normalized spacial score (nSPS) is 17.3. The summed E-state index contributed by atoms with van der Waals surface area (Å²) >= 11 is 5.97. The summed E-state index contributed by atoms with van der Waals surface area (Å²) in [6.45, 7) is 0. The van der Waals surface area contributed by atoms with Gasteiger partial charge in [0, 0.05) is 22.5 Å². The Kier molecular flexibility index (Phi) is 9.58. The van der Waals surface area contributed by atoms with Crippen molar-refractivity contribution in [2.75, 3.05) is 12.4 Å². The lowest BCUT2D eigenvalue weighted by Crippen LogP contribution is -2.46. The van der Waals surface area contributed by atoms with Gasteiger partial charge in [0.25, 0.3) is 0 Å². The molecule has 0 radical (unpaired) electrons. The molecule has 5 N–H and O–H groups in total. The molecule has 0 bridgehead atoms. The number of fused-ring (bicyclic) bond motifs is 1. The van der Waals surface area contributed by atoms with Crippen LogP contribution in [0.4, 0.5) is 5.82 Å². The lowest BCUT2D eigenvalue weighted by molar-refractivity contribution is 0.415. The summed E-state index contributed by atoms with van der Waals surface area (Å²) < 4.78 is 5.40. The topological polar surface area (TPSA) is 109 Å². The fourth-order valence-electron chi connectivity index (χ4n) is 3.86. The highest BCUT2D eigenvalue weighted by atomic mass is 35.5. The molecule has 4 rings (SSSR count). The van der Waals surface area contributed by atoms with Crippen LogP contribution in [-0.2, 0) is 0 Å². The quantitative estimate of drug-likeness (QED) is 0.271. The maximum atomic E-state index is 7.58. The third-order valence-electron chi connectivity index (χ3n) is 5.39. The minimum atomic E-state index is -0.0144. The largest absolute Gasteiger partial charge is 0.497 e. The number of hydrogen-bond donors (Lipinski definition) is 4. The summed E-state index contributed by atoms with van der Waals surface area (Å²) in [7, 11) is 1.64. The summed E-state index contributed by atoms with van der Waals surface area (Å²) in [5.41, 5.74) is 7.40. The van der Waals surface area contributed by atoms with Gasteiger partial charge in [0.2, 0.25) is 0 Å². The zero-order chi connectivity index (χ0) is 21.8. The van der Waals surface area contributed by atoms with E-state index in [0.29, 0.717) is 10.8 Å². The molecule has 0 amide bonds. The molecule has 1 aliphatic carbocycles. The molecule has 0 saturated heterocycles. The van der Waals surface area contributed by atoms with Gasteiger partial charge in [-0.15, -0.1) is 24.8 Å². The van der Waals surface area contributed by atoms with E-state index in [1.807, 2.05) is 54.6 Å². The number of halogens is 3. The average Bonchev–Trinajstić information content (AvgIpc) is 3.19. The fraction of sp³-hybridized carbons (Fsp3) is 0.261. The Morgan fingerprint density at radius 3 is 2.52 bits per heavy atom. The second-order valence-electron chi connectivity index (χ2n) is 7.54. The van der Waals surface area contributed by atoms with Crippen LogP contribution in [0.25, 0.3) is 23.1 Å². The second-order valence-corrected chi connectivity index (χ2v) is 7.98. The maximum Gasteiger partial charge on any atom is 0.185 e. The highest BCUT2D eigenvalue weighted by molar-refractivity contribution is 6.30. The van der Waals surface area contributed by atoms with Crippen LogP contribution >= 0.6 is 36.4 Å². The fourth-order valence-corrected chi connectivity index (χ4v) is 3.99. The molecule has 1 aliphatic rings. The van der Waals surface area contributed by atoms with Crippen LogP contribution in [0.1, 0.15) is 30.7 Å². The van der Waals surface area contributed by atoms with Crippen LogP contribution in [0, 0.1) is 5.41 Å². The van der Waals surface area contributed by atoms with Crippen molar-refractivity contribution in [2.45, 2.75) is 31.3 Å². The Labute approximate surface area is 210 Å². The van der Waals surface area contributed by atoms with Gasteiger partial charge in [-0.25, -0.2) is 9.97 Å². The van der Waals surface area contributed by atoms with Crippen molar-refractivity contribution < 1.29 is 4.74 Å². The molecule has 10 heteroatoms. The highest BCUT2D eigenvalue weighted by Gasteiger charge is 2.28. The molecule has 2 aromatic carbocycles. The third kappa shape index (κ3) is 6.63. The first-order valence-electron chi connectivity index (χ1n) is 10.2. The van der Waals surface area contributed by atoms with Gasteiger partial charge in [-0.05, 0) is 61.2 Å². The van der Waals surface area contributed by atoms with Gasteiger partial charge < -0.3 is 21.1 Å². The van der Waals surface area contributed by atoms with Gasteiger partial charge in [0.15, 0.2) is 11.8 Å². The Hall–Kier alpha value is -2.74. The van der Waals surface area contributed by atoms with E-state index in [0.717, 1.165) is 47.3 Å². The molecule has 33 heavy (non-hydrogen) atoms. The number of methoxy groups -OCH3 is 1. The van der Waals surface area contributed by atoms with Crippen molar-refractivity contribution in [3.8, 4) is 5.75 Å². The first kappa shape index (κ1) is 26.5. The van der Waals surface area contributed by atoms with E-state index < -0.39 is 0 Å². The minimum absolute atomic E-state index is 0. The molecule has 1 fully saturated rings. The van der Waals surface area contributed by atoms with Gasteiger partial charge in [-0.2, -0.15) is 0 Å². The SMILES string of the molecule is COc1ccc2nc(/C=C/c3ccc(Cl)cc3)nc(N[C@@H]3CCC[C@@H]3NC(=N)N)c2c1.Cl.Cl. The number of anilines is 1. The maximum absolute atomic E-state index is 7.58. The van der Waals surface area contributed by atoms with E-state index in [1.54, 1.807) is 7.11 Å². The predicted molar refractivity (Wildman–Crippen MR) is 141 cm³/mol. The highest BCUT2D eigenvalue weighted by Crippen LogP contribution is 2.29. The number of hydrogen-bond acceptors (Lipinski definition) is 5. The molecule has 0 unspecified atom stereocenters. The summed E-state index contributed by atoms with van der Waals surface area (Å²) in [4.78, 5) is 9.48. The van der Waals surface area contributed by atoms with Crippen LogP contribution in [0.5, 0.6) is 5.75 Å². The lowest BCUT2D eigenvalue weighted by atomic mass is 10.1. The van der Waals surface area contributed by atoms with Gasteiger partial charge >= 0.3 is 0 Å². The molecule has 1 aromatic heterocycles. The number of benzene rings is 2. The molecule has 1 saturated carbocycles. The molecule has 0 aliphatic heterocycles. The van der Waals surface area contributed by atoms with Crippen LogP contribution in [0.2, 0.25) is 5.02 Å². The molecule has 1 heterocycles. The zero-order valence-electron chi connectivity index (χ0n) is 18.0. The van der Waals surface area contributed by atoms with E-state index in [2.05, 4.69) is 10.6 Å². The monoisotopic (exact) mass is 508 g/mol. The van der Waals surface area contributed by atoms with Crippen molar-refractivity contribution in [3.05, 3.63) is 58.9 Å². The molecular formula is C23H27Cl3N6O. The Balaban J connectivity index is 0.00000193. The first-order valence-corrected chi connectivity index (χ1v) is 10.6. The summed E-state index contributed by atoms with van der Waals surface area (Å²) in [6, 6.07) is 13.5. The van der Waals surface area contributed by atoms with Crippen molar-refractivity contribution >= 4 is 71.2 Å².